The molecule has 0 N–H and O–H groups in total. The molecule has 0 bridgehead atoms. The van der Waals surface area contributed by atoms with Gasteiger partial charge in [0.15, 0.2) is 0 Å². The zero-order valence-corrected chi connectivity index (χ0v) is 17.6. The molecule has 0 aliphatic heterocycles. The van der Waals surface area contributed by atoms with Gasteiger partial charge in [-0.25, -0.2) is 0 Å². The Kier molecular flexibility index (Phi) is 17.0. The molecule has 7 nitrogen and oxygen atoms in total. The van der Waals surface area contributed by atoms with Crippen LogP contribution < -0.4 is 0 Å². The molecular formula is C19H31BrO7. The van der Waals surface area contributed by atoms with Gasteiger partial charge < -0.3 is 33.2 Å². The molecule has 0 aromatic heterocycles. The first-order valence-electron chi connectivity index (χ1n) is 9.02. The van der Waals surface area contributed by atoms with E-state index >= 15 is 0 Å². The molecule has 1 rings (SSSR count). The summed E-state index contributed by atoms with van der Waals surface area (Å²) in [5.74, 6) is 0. The minimum absolute atomic E-state index is 0.257. The quantitative estimate of drug-likeness (QED) is 0.237. The van der Waals surface area contributed by atoms with Crippen molar-refractivity contribution in [2.75, 3.05) is 80.0 Å². The van der Waals surface area contributed by atoms with Crippen LogP contribution in [0.25, 0.3) is 0 Å². The first-order valence-corrected chi connectivity index (χ1v) is 9.82. The van der Waals surface area contributed by atoms with E-state index in [4.69, 9.17) is 33.2 Å². The van der Waals surface area contributed by atoms with Gasteiger partial charge in [0.1, 0.15) is 6.79 Å². The fourth-order valence-corrected chi connectivity index (χ4v) is 2.13. The zero-order chi connectivity index (χ0) is 19.4. The van der Waals surface area contributed by atoms with Crippen molar-refractivity contribution in [3.05, 3.63) is 34.3 Å². The van der Waals surface area contributed by atoms with Gasteiger partial charge in [-0.15, -0.1) is 0 Å². The molecule has 0 fully saturated rings. The number of methoxy groups -OCH3 is 1. The van der Waals surface area contributed by atoms with Crippen molar-refractivity contribution in [2.24, 2.45) is 0 Å². The Balaban J connectivity index is 1.71. The lowest BCUT2D eigenvalue weighted by molar-refractivity contribution is -0.0815. The van der Waals surface area contributed by atoms with Crippen molar-refractivity contribution < 1.29 is 33.2 Å². The normalized spacial score (nSPS) is 11.2. The van der Waals surface area contributed by atoms with Crippen LogP contribution in [0.15, 0.2) is 28.7 Å². The average molecular weight is 451 g/mol. The Morgan fingerprint density at radius 3 is 1.56 bits per heavy atom. The van der Waals surface area contributed by atoms with E-state index < -0.39 is 0 Å². The van der Waals surface area contributed by atoms with Gasteiger partial charge >= 0.3 is 0 Å². The third-order valence-corrected chi connectivity index (χ3v) is 3.80. The minimum Gasteiger partial charge on any atom is -0.382 e. The molecule has 0 amide bonds. The topological polar surface area (TPSA) is 64.6 Å². The van der Waals surface area contributed by atoms with Crippen molar-refractivity contribution >= 4 is 15.9 Å². The predicted octanol–water partition coefficient (Wildman–Crippen LogP) is 2.65. The Morgan fingerprint density at radius 1 is 0.593 bits per heavy atom. The van der Waals surface area contributed by atoms with Gasteiger partial charge in [0.05, 0.1) is 72.7 Å². The van der Waals surface area contributed by atoms with Gasteiger partial charge in [-0.2, -0.15) is 0 Å². The summed E-state index contributed by atoms with van der Waals surface area (Å²) in [6.45, 7) is 6.24. The van der Waals surface area contributed by atoms with E-state index in [2.05, 4.69) is 15.9 Å². The maximum atomic E-state index is 5.55. The SMILES string of the molecule is COCCOCOCCOCCOCCOCCOCc1ccc(Br)cc1. The van der Waals surface area contributed by atoms with Gasteiger partial charge in [-0.05, 0) is 17.7 Å². The molecule has 0 spiro atoms. The lowest BCUT2D eigenvalue weighted by Gasteiger charge is -2.08. The van der Waals surface area contributed by atoms with E-state index in [0.717, 1.165) is 10.0 Å². The van der Waals surface area contributed by atoms with Crippen LogP contribution in [0.2, 0.25) is 0 Å². The summed E-state index contributed by atoms with van der Waals surface area (Å²) in [6.07, 6.45) is 0. The highest BCUT2D eigenvalue weighted by molar-refractivity contribution is 9.10. The van der Waals surface area contributed by atoms with Gasteiger partial charge in [0.2, 0.25) is 0 Å². The lowest BCUT2D eigenvalue weighted by atomic mass is 10.2. The maximum absolute atomic E-state index is 5.55. The van der Waals surface area contributed by atoms with E-state index in [1.807, 2.05) is 24.3 Å². The molecule has 0 saturated heterocycles. The molecule has 0 atom stereocenters. The Hall–Kier alpha value is -0.580. The molecular weight excluding hydrogens is 420 g/mol. The van der Waals surface area contributed by atoms with Crippen LogP contribution in [-0.2, 0) is 39.8 Å². The fourth-order valence-electron chi connectivity index (χ4n) is 1.87. The van der Waals surface area contributed by atoms with Crippen molar-refractivity contribution in [1.82, 2.24) is 0 Å². The molecule has 0 heterocycles. The first kappa shape index (κ1) is 24.5. The standard InChI is InChI=1S/C19H31BrO7/c1-21-6-7-26-17-27-15-13-24-11-9-22-8-10-23-12-14-25-16-18-2-4-19(20)5-3-18/h2-5H,6-17H2,1H3. The fraction of sp³-hybridized carbons (Fsp3) is 0.684. The number of ether oxygens (including phenoxy) is 7. The Bertz CT molecular complexity index is 431. The second-order valence-electron chi connectivity index (χ2n) is 5.44. The summed E-state index contributed by atoms with van der Waals surface area (Å²) in [7, 11) is 1.63. The molecule has 0 aliphatic carbocycles. The third kappa shape index (κ3) is 16.1. The van der Waals surface area contributed by atoms with Crippen LogP contribution in [0, 0.1) is 0 Å². The van der Waals surface area contributed by atoms with Crippen molar-refractivity contribution in [3.8, 4) is 0 Å². The minimum atomic E-state index is 0.257. The molecule has 0 unspecified atom stereocenters. The smallest absolute Gasteiger partial charge is 0.146 e. The monoisotopic (exact) mass is 450 g/mol. The number of hydrogen-bond acceptors (Lipinski definition) is 7. The molecule has 1 aromatic rings. The number of hydrogen-bond donors (Lipinski definition) is 0. The third-order valence-electron chi connectivity index (χ3n) is 3.27. The number of benzene rings is 1. The van der Waals surface area contributed by atoms with Gasteiger partial charge in [-0.3, -0.25) is 0 Å². The summed E-state index contributed by atoms with van der Waals surface area (Å²) < 4.78 is 38.1. The van der Waals surface area contributed by atoms with Crippen LogP contribution in [-0.4, -0.2) is 80.0 Å². The van der Waals surface area contributed by atoms with Gasteiger partial charge in [0, 0.05) is 11.6 Å². The predicted molar refractivity (Wildman–Crippen MR) is 105 cm³/mol. The van der Waals surface area contributed by atoms with E-state index in [1.54, 1.807) is 7.11 Å². The second kappa shape index (κ2) is 18.8. The van der Waals surface area contributed by atoms with Crippen LogP contribution in [0.3, 0.4) is 0 Å². The summed E-state index contributed by atoms with van der Waals surface area (Å²) in [4.78, 5) is 0. The molecule has 0 radical (unpaired) electrons. The molecule has 8 heteroatoms. The summed E-state index contributed by atoms with van der Waals surface area (Å²) >= 11 is 3.41. The first-order chi connectivity index (χ1) is 13.3. The van der Waals surface area contributed by atoms with E-state index in [-0.39, 0.29) is 6.79 Å². The highest BCUT2D eigenvalue weighted by Crippen LogP contribution is 2.10. The molecule has 27 heavy (non-hydrogen) atoms. The van der Waals surface area contributed by atoms with Crippen LogP contribution >= 0.6 is 15.9 Å². The Morgan fingerprint density at radius 2 is 1.04 bits per heavy atom. The van der Waals surface area contributed by atoms with E-state index in [9.17, 15) is 0 Å². The molecule has 0 aliphatic rings. The highest BCUT2D eigenvalue weighted by atomic mass is 79.9. The zero-order valence-electron chi connectivity index (χ0n) is 16.0. The van der Waals surface area contributed by atoms with Crippen LogP contribution in [0.4, 0.5) is 0 Å². The van der Waals surface area contributed by atoms with Crippen molar-refractivity contribution in [3.63, 3.8) is 0 Å². The van der Waals surface area contributed by atoms with Crippen molar-refractivity contribution in [2.45, 2.75) is 6.61 Å². The highest BCUT2D eigenvalue weighted by Gasteiger charge is 1.95. The number of halogens is 1. The van der Waals surface area contributed by atoms with Crippen molar-refractivity contribution in [1.29, 1.82) is 0 Å². The second-order valence-corrected chi connectivity index (χ2v) is 6.36. The maximum Gasteiger partial charge on any atom is 0.146 e. The van der Waals surface area contributed by atoms with E-state index in [1.165, 1.54) is 0 Å². The average Bonchev–Trinajstić information content (AvgIpc) is 2.68. The number of rotatable bonds is 19. The molecule has 1 aromatic carbocycles. The van der Waals surface area contributed by atoms with E-state index in [0.29, 0.717) is 72.7 Å². The summed E-state index contributed by atoms with van der Waals surface area (Å²) in [6, 6.07) is 8.07. The van der Waals surface area contributed by atoms with Crippen LogP contribution in [0.1, 0.15) is 5.56 Å². The van der Waals surface area contributed by atoms with Crippen LogP contribution in [0.5, 0.6) is 0 Å². The van der Waals surface area contributed by atoms with Gasteiger partial charge in [0.25, 0.3) is 0 Å². The lowest BCUT2D eigenvalue weighted by Crippen LogP contribution is -2.14. The summed E-state index contributed by atoms with van der Waals surface area (Å²) in [5, 5.41) is 0. The summed E-state index contributed by atoms with van der Waals surface area (Å²) in [5.41, 5.74) is 1.14. The van der Waals surface area contributed by atoms with Gasteiger partial charge in [-0.1, -0.05) is 28.1 Å². The molecule has 0 saturated carbocycles. The largest absolute Gasteiger partial charge is 0.382 e. The molecule has 156 valence electrons. The Labute approximate surface area is 170 Å².